The van der Waals surface area contributed by atoms with Gasteiger partial charge in [0, 0.05) is 12.1 Å². The number of para-hydroxylation sites is 1. The van der Waals surface area contributed by atoms with Gasteiger partial charge in [0.25, 0.3) is 0 Å². The molecule has 2 N–H and O–H groups in total. The Morgan fingerprint density at radius 2 is 1.90 bits per heavy atom. The van der Waals surface area contributed by atoms with Crippen LogP contribution in [0.15, 0.2) is 60.7 Å². The van der Waals surface area contributed by atoms with Crippen LogP contribution in [0.25, 0.3) is 22.4 Å². The number of rotatable bonds is 3. The van der Waals surface area contributed by atoms with Crippen LogP contribution >= 0.6 is 0 Å². The van der Waals surface area contributed by atoms with E-state index in [1.807, 2.05) is 43.3 Å². The lowest BCUT2D eigenvalue weighted by Gasteiger charge is -2.09. The maximum absolute atomic E-state index is 6.05. The molecule has 2 aromatic carbocycles. The summed E-state index contributed by atoms with van der Waals surface area (Å²) in [5.41, 5.74) is 10.8. The Morgan fingerprint density at radius 1 is 1.15 bits per heavy atom. The summed E-state index contributed by atoms with van der Waals surface area (Å²) in [5.74, 6) is 0.932. The molecule has 20 heavy (non-hydrogen) atoms. The summed E-state index contributed by atoms with van der Waals surface area (Å²) in [6.07, 6.45) is 0. The number of benzene rings is 2. The molecule has 0 aliphatic rings. The molecule has 3 aromatic rings. The normalized spacial score (nSPS) is 10.8. The Hall–Kier alpha value is -2.55. The Kier molecular flexibility index (Phi) is 3.03. The summed E-state index contributed by atoms with van der Waals surface area (Å²) in [4.78, 5) is 4.73. The van der Waals surface area contributed by atoms with Gasteiger partial charge in [0.15, 0.2) is 0 Å². The molecule has 1 heterocycles. The van der Waals surface area contributed by atoms with E-state index < -0.39 is 0 Å². The van der Waals surface area contributed by atoms with Gasteiger partial charge in [0.1, 0.15) is 11.3 Å². The van der Waals surface area contributed by atoms with Crippen molar-refractivity contribution in [3.63, 3.8) is 0 Å². The first kappa shape index (κ1) is 12.5. The fourth-order valence-electron chi connectivity index (χ4n) is 2.41. The van der Waals surface area contributed by atoms with E-state index in [1.165, 1.54) is 0 Å². The summed E-state index contributed by atoms with van der Waals surface area (Å²) in [6.45, 7) is 6.78. The van der Waals surface area contributed by atoms with Gasteiger partial charge in [-0.3, -0.25) is 0 Å². The Morgan fingerprint density at radius 3 is 2.60 bits per heavy atom. The van der Waals surface area contributed by atoms with E-state index in [2.05, 4.69) is 23.3 Å². The Balaban J connectivity index is 2.30. The monoisotopic (exact) mass is 263 g/mol. The first-order valence-corrected chi connectivity index (χ1v) is 6.61. The minimum absolute atomic E-state index is 0.708. The van der Waals surface area contributed by atoms with E-state index in [-0.39, 0.29) is 0 Å². The van der Waals surface area contributed by atoms with Crippen molar-refractivity contribution in [1.29, 1.82) is 0 Å². The second-order valence-electron chi connectivity index (χ2n) is 5.06. The third kappa shape index (κ3) is 2.07. The topological polar surface area (TPSA) is 43.8 Å². The lowest BCUT2D eigenvalue weighted by atomic mass is 10.2. The zero-order chi connectivity index (χ0) is 14.1. The van der Waals surface area contributed by atoms with E-state index in [0.717, 1.165) is 34.5 Å². The molecule has 0 aliphatic carbocycles. The van der Waals surface area contributed by atoms with E-state index >= 15 is 0 Å². The number of nitrogens with zero attached hydrogens (tertiary/aromatic N) is 2. The number of nitrogen functional groups attached to an aromatic ring is 1. The van der Waals surface area contributed by atoms with E-state index in [0.29, 0.717) is 5.69 Å². The highest BCUT2D eigenvalue weighted by Gasteiger charge is 2.13. The van der Waals surface area contributed by atoms with Crippen molar-refractivity contribution < 1.29 is 0 Å². The van der Waals surface area contributed by atoms with Crippen LogP contribution in [0.2, 0.25) is 0 Å². The van der Waals surface area contributed by atoms with Crippen LogP contribution in [0.1, 0.15) is 6.92 Å². The molecule has 100 valence electrons. The third-order valence-corrected chi connectivity index (χ3v) is 3.27. The number of aromatic nitrogens is 2. The maximum atomic E-state index is 6.05. The van der Waals surface area contributed by atoms with Gasteiger partial charge in [0.2, 0.25) is 0 Å². The highest BCUT2D eigenvalue weighted by molar-refractivity contribution is 5.90. The summed E-state index contributed by atoms with van der Waals surface area (Å²) < 4.78 is 2.17. The van der Waals surface area contributed by atoms with Crippen molar-refractivity contribution in [1.82, 2.24) is 9.55 Å². The van der Waals surface area contributed by atoms with Crippen LogP contribution in [0.3, 0.4) is 0 Å². The SMILES string of the molecule is C=C(C)Cn1c(-c2ccccc2)nc2c(N)cccc21. The maximum Gasteiger partial charge on any atom is 0.141 e. The number of fused-ring (bicyclic) bond motifs is 1. The molecule has 0 aliphatic heterocycles. The molecule has 0 fully saturated rings. The molecule has 0 spiro atoms. The average molecular weight is 263 g/mol. The Bertz CT molecular complexity index is 770. The van der Waals surface area contributed by atoms with Crippen molar-refractivity contribution in [3.8, 4) is 11.4 Å². The molecule has 0 amide bonds. The minimum atomic E-state index is 0.708. The summed E-state index contributed by atoms with van der Waals surface area (Å²) in [5, 5.41) is 0. The van der Waals surface area contributed by atoms with Gasteiger partial charge in [-0.2, -0.15) is 0 Å². The van der Waals surface area contributed by atoms with Crippen LogP contribution in [0, 0.1) is 0 Å². The largest absolute Gasteiger partial charge is 0.397 e. The van der Waals surface area contributed by atoms with Gasteiger partial charge in [0.05, 0.1) is 11.2 Å². The number of imidazole rings is 1. The minimum Gasteiger partial charge on any atom is -0.397 e. The van der Waals surface area contributed by atoms with Crippen LogP contribution in [0.5, 0.6) is 0 Å². The molecule has 3 nitrogen and oxygen atoms in total. The highest BCUT2D eigenvalue weighted by Crippen LogP contribution is 2.28. The van der Waals surface area contributed by atoms with Crippen molar-refractivity contribution in [2.24, 2.45) is 0 Å². The van der Waals surface area contributed by atoms with Gasteiger partial charge in [-0.1, -0.05) is 48.6 Å². The molecule has 0 unspecified atom stereocenters. The van der Waals surface area contributed by atoms with Crippen LogP contribution in [0.4, 0.5) is 5.69 Å². The smallest absolute Gasteiger partial charge is 0.141 e. The summed E-state index contributed by atoms with van der Waals surface area (Å²) in [6, 6.07) is 16.1. The second-order valence-corrected chi connectivity index (χ2v) is 5.06. The molecule has 0 radical (unpaired) electrons. The van der Waals surface area contributed by atoms with Crippen molar-refractivity contribution in [2.45, 2.75) is 13.5 Å². The fraction of sp³-hybridized carbons (Fsp3) is 0.118. The molecule has 0 saturated heterocycles. The first-order valence-electron chi connectivity index (χ1n) is 6.61. The lowest BCUT2D eigenvalue weighted by Crippen LogP contribution is -2.01. The van der Waals surface area contributed by atoms with Gasteiger partial charge < -0.3 is 10.3 Å². The number of allylic oxidation sites excluding steroid dienone is 1. The predicted octanol–water partition coefficient (Wildman–Crippen LogP) is 3.86. The van der Waals surface area contributed by atoms with Gasteiger partial charge in [-0.25, -0.2) is 4.98 Å². The highest BCUT2D eigenvalue weighted by atomic mass is 15.1. The van der Waals surface area contributed by atoms with Crippen molar-refractivity contribution in [3.05, 3.63) is 60.7 Å². The third-order valence-electron chi connectivity index (χ3n) is 3.27. The van der Waals surface area contributed by atoms with E-state index in [4.69, 9.17) is 10.7 Å². The average Bonchev–Trinajstić information content (AvgIpc) is 2.80. The number of nitrogens with two attached hydrogens (primary N) is 1. The van der Waals surface area contributed by atoms with E-state index in [9.17, 15) is 0 Å². The predicted molar refractivity (Wildman–Crippen MR) is 84.4 cm³/mol. The quantitative estimate of drug-likeness (QED) is 0.576. The first-order chi connectivity index (χ1) is 9.66. The summed E-state index contributed by atoms with van der Waals surface area (Å²) in [7, 11) is 0. The van der Waals surface area contributed by atoms with Crippen LogP contribution in [-0.2, 0) is 6.54 Å². The van der Waals surface area contributed by atoms with Crippen molar-refractivity contribution in [2.75, 3.05) is 5.73 Å². The van der Waals surface area contributed by atoms with E-state index in [1.54, 1.807) is 0 Å². The zero-order valence-corrected chi connectivity index (χ0v) is 11.5. The number of anilines is 1. The molecule has 1 aromatic heterocycles. The van der Waals surface area contributed by atoms with Crippen LogP contribution < -0.4 is 5.73 Å². The molecular weight excluding hydrogens is 246 g/mol. The lowest BCUT2D eigenvalue weighted by molar-refractivity contribution is 0.820. The number of hydrogen-bond acceptors (Lipinski definition) is 2. The molecule has 3 heteroatoms. The second kappa shape index (κ2) is 4.85. The molecule has 0 saturated carbocycles. The van der Waals surface area contributed by atoms with Gasteiger partial charge in [-0.05, 0) is 19.1 Å². The molecular formula is C17H17N3. The Labute approximate surface area is 118 Å². The fourth-order valence-corrected chi connectivity index (χ4v) is 2.41. The van der Waals surface area contributed by atoms with Crippen molar-refractivity contribution >= 4 is 16.7 Å². The molecule has 0 atom stereocenters. The number of hydrogen-bond donors (Lipinski definition) is 1. The van der Waals surface area contributed by atoms with Gasteiger partial charge in [-0.15, -0.1) is 0 Å². The standard InChI is InChI=1S/C17H17N3/c1-12(2)11-20-15-10-6-9-14(18)16(15)19-17(20)13-7-4-3-5-8-13/h3-10H,1,11,18H2,2H3. The molecule has 3 rings (SSSR count). The van der Waals surface area contributed by atoms with Crippen LogP contribution in [-0.4, -0.2) is 9.55 Å². The van der Waals surface area contributed by atoms with Gasteiger partial charge >= 0.3 is 0 Å². The molecule has 0 bridgehead atoms. The zero-order valence-electron chi connectivity index (χ0n) is 11.5. The summed E-state index contributed by atoms with van der Waals surface area (Å²) >= 11 is 0.